The van der Waals surface area contributed by atoms with Gasteiger partial charge in [0.2, 0.25) is 0 Å². The molecule has 0 aliphatic rings. The molecule has 0 aliphatic heterocycles. The van der Waals surface area contributed by atoms with Gasteiger partial charge >= 0.3 is 0 Å². The summed E-state index contributed by atoms with van der Waals surface area (Å²) < 4.78 is 5.28. The molecule has 120 valence electrons. The van der Waals surface area contributed by atoms with Gasteiger partial charge in [-0.1, -0.05) is 58.5 Å². The van der Waals surface area contributed by atoms with E-state index >= 15 is 0 Å². The van der Waals surface area contributed by atoms with Crippen LogP contribution in [0.25, 0.3) is 0 Å². The van der Waals surface area contributed by atoms with Crippen LogP contribution >= 0.6 is 46.4 Å². The smallest absolute Gasteiger partial charge is 0.277 e. The number of carbonyl (C=O) groups excluding carboxylic acids is 1. The number of nitrogens with zero attached hydrogens (tertiary/aromatic N) is 1. The molecule has 4 nitrogen and oxygen atoms in total. The average Bonchev–Trinajstić information content (AvgIpc) is 2.51. The van der Waals surface area contributed by atoms with Crippen molar-refractivity contribution in [2.75, 3.05) is 6.61 Å². The first-order valence-corrected chi connectivity index (χ1v) is 7.82. The Kier molecular flexibility index (Phi) is 6.54. The van der Waals surface area contributed by atoms with Gasteiger partial charge in [0.25, 0.3) is 5.91 Å². The fraction of sp³-hybridized carbons (Fsp3) is 0.0667. The van der Waals surface area contributed by atoms with Crippen LogP contribution in [0.4, 0.5) is 0 Å². The highest BCUT2D eigenvalue weighted by Gasteiger charge is 2.07. The molecule has 1 amide bonds. The van der Waals surface area contributed by atoms with Gasteiger partial charge in [-0.25, -0.2) is 5.43 Å². The molecule has 0 atom stereocenters. The Morgan fingerprint density at radius 2 is 1.91 bits per heavy atom. The molecule has 2 aromatic carbocycles. The van der Waals surface area contributed by atoms with E-state index in [1.807, 2.05) is 0 Å². The van der Waals surface area contributed by atoms with E-state index in [9.17, 15) is 4.79 Å². The molecular formula is C15H10Cl4N2O2. The second-order valence-electron chi connectivity index (χ2n) is 4.30. The van der Waals surface area contributed by atoms with Crippen LogP contribution in [0.1, 0.15) is 5.56 Å². The number of carbonyl (C=O) groups is 1. The molecule has 0 aromatic heterocycles. The topological polar surface area (TPSA) is 50.7 Å². The van der Waals surface area contributed by atoms with Crippen molar-refractivity contribution < 1.29 is 9.53 Å². The standard InChI is InChI=1S/C15H10Cl4N2O2/c16-10-5-4-9(12(18)6-10)7-20-21-14(22)8-23-13-3-1-2-11(17)15(13)19/h1-7H,8H2,(H,21,22)/b20-7-. The SMILES string of the molecule is O=C(COc1cccc(Cl)c1Cl)N/N=C\c1ccc(Cl)cc1Cl. The Balaban J connectivity index is 1.87. The van der Waals surface area contributed by atoms with E-state index in [2.05, 4.69) is 10.5 Å². The van der Waals surface area contributed by atoms with Crippen LogP contribution in [0.3, 0.4) is 0 Å². The molecule has 0 spiro atoms. The summed E-state index contributed by atoms with van der Waals surface area (Å²) in [4.78, 5) is 11.7. The Hall–Kier alpha value is -1.46. The summed E-state index contributed by atoms with van der Waals surface area (Å²) in [6.45, 7) is -0.258. The van der Waals surface area contributed by atoms with Crippen molar-refractivity contribution in [2.45, 2.75) is 0 Å². The molecule has 0 aliphatic carbocycles. The molecule has 0 radical (unpaired) electrons. The number of halogens is 4. The van der Waals surface area contributed by atoms with E-state index in [1.165, 1.54) is 6.21 Å². The lowest BCUT2D eigenvalue weighted by molar-refractivity contribution is -0.123. The molecule has 0 saturated carbocycles. The van der Waals surface area contributed by atoms with Gasteiger partial charge in [0.1, 0.15) is 10.8 Å². The third-order valence-electron chi connectivity index (χ3n) is 2.63. The summed E-state index contributed by atoms with van der Waals surface area (Å²) in [6, 6.07) is 9.83. The van der Waals surface area contributed by atoms with Crippen LogP contribution in [0.5, 0.6) is 5.75 Å². The summed E-state index contributed by atoms with van der Waals surface area (Å²) in [7, 11) is 0. The molecule has 2 aromatic rings. The van der Waals surface area contributed by atoms with Crippen LogP contribution in [0.15, 0.2) is 41.5 Å². The van der Waals surface area contributed by atoms with Crippen LogP contribution in [-0.4, -0.2) is 18.7 Å². The zero-order chi connectivity index (χ0) is 16.8. The highest BCUT2D eigenvalue weighted by molar-refractivity contribution is 6.42. The number of ether oxygens (including phenoxy) is 1. The Labute approximate surface area is 152 Å². The second-order valence-corrected chi connectivity index (χ2v) is 5.93. The predicted molar refractivity (Wildman–Crippen MR) is 94.2 cm³/mol. The van der Waals surface area contributed by atoms with Crippen molar-refractivity contribution >= 4 is 58.5 Å². The third-order valence-corrected chi connectivity index (χ3v) is 3.99. The largest absolute Gasteiger partial charge is 0.482 e. The molecule has 2 rings (SSSR count). The number of rotatable bonds is 5. The van der Waals surface area contributed by atoms with Crippen LogP contribution in [0, 0.1) is 0 Å². The van der Waals surface area contributed by atoms with Crippen molar-refractivity contribution in [1.82, 2.24) is 5.43 Å². The number of hydrogen-bond acceptors (Lipinski definition) is 3. The normalized spacial score (nSPS) is 10.8. The van der Waals surface area contributed by atoms with Gasteiger partial charge in [0, 0.05) is 10.6 Å². The molecule has 0 bridgehead atoms. The maximum Gasteiger partial charge on any atom is 0.277 e. The molecule has 23 heavy (non-hydrogen) atoms. The van der Waals surface area contributed by atoms with E-state index in [1.54, 1.807) is 36.4 Å². The molecule has 0 fully saturated rings. The highest BCUT2D eigenvalue weighted by Crippen LogP contribution is 2.31. The maximum atomic E-state index is 11.7. The van der Waals surface area contributed by atoms with Crippen molar-refractivity contribution in [2.24, 2.45) is 5.10 Å². The summed E-state index contributed by atoms with van der Waals surface area (Å²) in [6.07, 6.45) is 1.41. The maximum absolute atomic E-state index is 11.7. The van der Waals surface area contributed by atoms with Gasteiger partial charge in [-0.2, -0.15) is 5.10 Å². The minimum absolute atomic E-state index is 0.249. The number of benzene rings is 2. The lowest BCUT2D eigenvalue weighted by Gasteiger charge is -2.07. The lowest BCUT2D eigenvalue weighted by Crippen LogP contribution is -2.24. The number of hydrazone groups is 1. The first-order valence-electron chi connectivity index (χ1n) is 6.31. The predicted octanol–water partition coefficient (Wildman–Crippen LogP) is 4.83. The van der Waals surface area contributed by atoms with E-state index in [-0.39, 0.29) is 11.6 Å². The van der Waals surface area contributed by atoms with Gasteiger partial charge in [-0.05, 0) is 24.3 Å². The van der Waals surface area contributed by atoms with Crippen LogP contribution in [-0.2, 0) is 4.79 Å². The first kappa shape index (κ1) is 17.9. The number of amides is 1. The zero-order valence-electron chi connectivity index (χ0n) is 11.5. The number of nitrogens with one attached hydrogen (secondary N) is 1. The minimum atomic E-state index is -0.456. The second kappa shape index (κ2) is 8.41. The van der Waals surface area contributed by atoms with Gasteiger partial charge in [-0.3, -0.25) is 4.79 Å². The molecule has 1 N–H and O–H groups in total. The molecule has 0 unspecified atom stereocenters. The van der Waals surface area contributed by atoms with Gasteiger partial charge in [0.15, 0.2) is 6.61 Å². The first-order chi connectivity index (χ1) is 11.0. The van der Waals surface area contributed by atoms with Crippen molar-refractivity contribution in [3.05, 3.63) is 62.1 Å². The fourth-order valence-corrected chi connectivity index (χ4v) is 2.35. The van der Waals surface area contributed by atoms with Crippen LogP contribution < -0.4 is 10.2 Å². The monoisotopic (exact) mass is 390 g/mol. The van der Waals surface area contributed by atoms with E-state index in [0.717, 1.165) is 0 Å². The fourth-order valence-electron chi connectivity index (χ4n) is 1.55. The Morgan fingerprint density at radius 1 is 1.13 bits per heavy atom. The average molecular weight is 392 g/mol. The van der Waals surface area contributed by atoms with E-state index in [4.69, 9.17) is 51.1 Å². The Morgan fingerprint density at radius 3 is 2.65 bits per heavy atom. The summed E-state index contributed by atoms with van der Waals surface area (Å²) in [5.41, 5.74) is 2.94. The zero-order valence-corrected chi connectivity index (χ0v) is 14.5. The summed E-state index contributed by atoms with van der Waals surface area (Å²) in [5, 5.41) is 5.33. The number of hydrogen-bond donors (Lipinski definition) is 1. The third kappa shape index (κ3) is 5.29. The van der Waals surface area contributed by atoms with Gasteiger partial charge in [0.05, 0.1) is 16.3 Å². The minimum Gasteiger partial charge on any atom is -0.482 e. The van der Waals surface area contributed by atoms with Crippen molar-refractivity contribution in [3.63, 3.8) is 0 Å². The van der Waals surface area contributed by atoms with Crippen molar-refractivity contribution in [3.8, 4) is 5.75 Å². The summed E-state index contributed by atoms with van der Waals surface area (Å²) in [5.74, 6) is -0.138. The van der Waals surface area contributed by atoms with Gasteiger partial charge < -0.3 is 4.74 Å². The van der Waals surface area contributed by atoms with Gasteiger partial charge in [-0.15, -0.1) is 0 Å². The van der Waals surface area contributed by atoms with Crippen molar-refractivity contribution in [1.29, 1.82) is 0 Å². The Bertz CT molecular complexity index is 750. The van der Waals surface area contributed by atoms with E-state index in [0.29, 0.717) is 26.4 Å². The lowest BCUT2D eigenvalue weighted by atomic mass is 10.2. The molecule has 0 saturated heterocycles. The van der Waals surface area contributed by atoms with Crippen LogP contribution in [0.2, 0.25) is 20.1 Å². The molecule has 0 heterocycles. The highest BCUT2D eigenvalue weighted by atomic mass is 35.5. The quantitative estimate of drug-likeness (QED) is 0.586. The summed E-state index contributed by atoms with van der Waals surface area (Å²) >= 11 is 23.6. The molecule has 8 heteroatoms. The molecular weight excluding hydrogens is 382 g/mol. The van der Waals surface area contributed by atoms with E-state index < -0.39 is 5.91 Å².